The maximum Gasteiger partial charge on any atom is 0.219 e. The summed E-state index contributed by atoms with van der Waals surface area (Å²) < 4.78 is 2.28. The summed E-state index contributed by atoms with van der Waals surface area (Å²) in [6, 6.07) is 0. The first-order chi connectivity index (χ1) is 5.24. The number of amides is 1. The van der Waals surface area contributed by atoms with E-state index in [0.717, 1.165) is 26.2 Å². The highest BCUT2D eigenvalue weighted by Gasteiger charge is 2.16. The van der Waals surface area contributed by atoms with E-state index in [1.54, 1.807) is 18.9 Å². The average molecular weight is 174 g/mol. The monoisotopic (exact) mass is 174 g/mol. The van der Waals surface area contributed by atoms with Crippen LogP contribution >= 0.6 is 11.9 Å². The van der Waals surface area contributed by atoms with Gasteiger partial charge in [0.05, 0.1) is 0 Å². The van der Waals surface area contributed by atoms with Crippen LogP contribution < -0.4 is 0 Å². The SMILES string of the molecule is CSN1CCN(C(C)=O)CC1. The molecule has 0 N–H and O–H groups in total. The van der Waals surface area contributed by atoms with Crippen LogP contribution in [0.5, 0.6) is 0 Å². The Morgan fingerprint density at radius 3 is 2.18 bits per heavy atom. The molecule has 0 aromatic carbocycles. The smallest absolute Gasteiger partial charge is 0.219 e. The largest absolute Gasteiger partial charge is 0.340 e. The molecule has 1 heterocycles. The van der Waals surface area contributed by atoms with E-state index in [1.165, 1.54) is 0 Å². The van der Waals surface area contributed by atoms with Crippen molar-refractivity contribution in [1.82, 2.24) is 9.21 Å². The molecule has 0 saturated carbocycles. The van der Waals surface area contributed by atoms with E-state index in [9.17, 15) is 4.79 Å². The van der Waals surface area contributed by atoms with Gasteiger partial charge in [0.25, 0.3) is 0 Å². The zero-order chi connectivity index (χ0) is 8.27. The van der Waals surface area contributed by atoms with Crippen LogP contribution in [0.2, 0.25) is 0 Å². The van der Waals surface area contributed by atoms with E-state index in [2.05, 4.69) is 10.6 Å². The van der Waals surface area contributed by atoms with Crippen LogP contribution in [0.1, 0.15) is 6.92 Å². The summed E-state index contributed by atoms with van der Waals surface area (Å²) in [6.45, 7) is 5.41. The van der Waals surface area contributed by atoms with Gasteiger partial charge in [0.2, 0.25) is 5.91 Å². The maximum absolute atomic E-state index is 10.9. The van der Waals surface area contributed by atoms with Crippen LogP contribution in [-0.4, -0.2) is 47.5 Å². The fraction of sp³-hybridized carbons (Fsp3) is 0.857. The van der Waals surface area contributed by atoms with E-state index < -0.39 is 0 Å². The number of carbonyl (C=O) groups is 1. The average Bonchev–Trinajstić information content (AvgIpc) is 2.05. The standard InChI is InChI=1S/C7H14N2OS/c1-7(10)8-3-5-9(11-2)6-4-8/h3-6H2,1-2H3. The normalized spacial score (nSPS) is 20.4. The molecule has 0 atom stereocenters. The molecule has 0 spiro atoms. The molecule has 0 unspecified atom stereocenters. The first kappa shape index (κ1) is 8.87. The second kappa shape index (κ2) is 3.97. The first-order valence-corrected chi connectivity index (χ1v) is 4.97. The molecule has 0 aliphatic carbocycles. The summed E-state index contributed by atoms with van der Waals surface area (Å²) in [5.41, 5.74) is 0. The zero-order valence-corrected chi connectivity index (χ0v) is 7.86. The minimum atomic E-state index is 0.200. The molecule has 0 radical (unpaired) electrons. The Kier molecular flexibility index (Phi) is 3.20. The number of nitrogens with zero attached hydrogens (tertiary/aromatic N) is 2. The van der Waals surface area contributed by atoms with Crippen molar-refractivity contribution in [2.45, 2.75) is 6.92 Å². The number of hydrogen-bond acceptors (Lipinski definition) is 3. The van der Waals surface area contributed by atoms with Crippen molar-refractivity contribution in [2.75, 3.05) is 32.4 Å². The van der Waals surface area contributed by atoms with Crippen LogP contribution in [-0.2, 0) is 4.79 Å². The van der Waals surface area contributed by atoms with Gasteiger partial charge in [-0.05, 0) is 6.26 Å². The third-order valence-corrected chi connectivity index (χ3v) is 2.82. The van der Waals surface area contributed by atoms with E-state index in [0.29, 0.717) is 0 Å². The molecule has 0 aromatic heterocycles. The minimum Gasteiger partial charge on any atom is -0.340 e. The quantitative estimate of drug-likeness (QED) is 0.539. The Balaban J connectivity index is 2.30. The van der Waals surface area contributed by atoms with Crippen molar-refractivity contribution in [3.05, 3.63) is 0 Å². The van der Waals surface area contributed by atoms with Crippen molar-refractivity contribution in [3.8, 4) is 0 Å². The second-order valence-electron chi connectivity index (χ2n) is 2.62. The van der Waals surface area contributed by atoms with Gasteiger partial charge in [-0.15, -0.1) is 0 Å². The number of hydrogen-bond donors (Lipinski definition) is 0. The summed E-state index contributed by atoms with van der Waals surface area (Å²) in [4.78, 5) is 12.8. The van der Waals surface area contributed by atoms with Crippen molar-refractivity contribution < 1.29 is 4.79 Å². The maximum atomic E-state index is 10.9. The Morgan fingerprint density at radius 2 is 1.82 bits per heavy atom. The van der Waals surface area contributed by atoms with Crippen molar-refractivity contribution in [1.29, 1.82) is 0 Å². The molecule has 64 valence electrons. The number of rotatable bonds is 1. The molecule has 11 heavy (non-hydrogen) atoms. The van der Waals surface area contributed by atoms with Gasteiger partial charge in [-0.1, -0.05) is 11.9 Å². The lowest BCUT2D eigenvalue weighted by atomic mass is 10.3. The number of carbonyl (C=O) groups excluding carboxylic acids is 1. The van der Waals surface area contributed by atoms with Crippen molar-refractivity contribution in [2.24, 2.45) is 0 Å². The highest BCUT2D eigenvalue weighted by molar-refractivity contribution is 7.96. The molecule has 0 bridgehead atoms. The molecule has 1 aliphatic rings. The second-order valence-corrected chi connectivity index (χ2v) is 3.50. The predicted molar refractivity (Wildman–Crippen MR) is 47.3 cm³/mol. The van der Waals surface area contributed by atoms with E-state index in [4.69, 9.17) is 0 Å². The molecule has 4 heteroatoms. The molecular formula is C7H14N2OS. The van der Waals surface area contributed by atoms with Crippen LogP contribution in [0.4, 0.5) is 0 Å². The van der Waals surface area contributed by atoms with Gasteiger partial charge in [0, 0.05) is 33.1 Å². The molecule has 1 fully saturated rings. The Hall–Kier alpha value is -0.220. The molecular weight excluding hydrogens is 160 g/mol. The molecule has 1 rings (SSSR count). The fourth-order valence-electron chi connectivity index (χ4n) is 1.19. The lowest BCUT2D eigenvalue weighted by Crippen LogP contribution is -2.45. The summed E-state index contributed by atoms with van der Waals surface area (Å²) in [7, 11) is 0. The molecule has 0 aromatic rings. The van der Waals surface area contributed by atoms with Gasteiger partial charge in [-0.3, -0.25) is 4.79 Å². The fourth-order valence-corrected chi connectivity index (χ4v) is 1.71. The van der Waals surface area contributed by atoms with Gasteiger partial charge in [-0.25, -0.2) is 4.31 Å². The van der Waals surface area contributed by atoms with Gasteiger partial charge < -0.3 is 4.90 Å². The molecule has 1 amide bonds. The van der Waals surface area contributed by atoms with Gasteiger partial charge >= 0.3 is 0 Å². The topological polar surface area (TPSA) is 23.6 Å². The van der Waals surface area contributed by atoms with Crippen LogP contribution in [0, 0.1) is 0 Å². The van der Waals surface area contributed by atoms with Gasteiger partial charge in [-0.2, -0.15) is 0 Å². The number of piperazine rings is 1. The van der Waals surface area contributed by atoms with Crippen LogP contribution in [0.15, 0.2) is 0 Å². The zero-order valence-electron chi connectivity index (χ0n) is 7.04. The molecule has 3 nitrogen and oxygen atoms in total. The third kappa shape index (κ3) is 2.38. The predicted octanol–water partition coefficient (Wildman–Crippen LogP) is 0.429. The molecule has 1 aliphatic heterocycles. The lowest BCUT2D eigenvalue weighted by molar-refractivity contribution is -0.129. The van der Waals surface area contributed by atoms with Crippen LogP contribution in [0.25, 0.3) is 0 Å². The Bertz CT molecular complexity index is 143. The minimum absolute atomic E-state index is 0.200. The third-order valence-electron chi connectivity index (χ3n) is 1.94. The van der Waals surface area contributed by atoms with Gasteiger partial charge in [0.1, 0.15) is 0 Å². The highest BCUT2D eigenvalue weighted by atomic mass is 32.2. The highest BCUT2D eigenvalue weighted by Crippen LogP contribution is 2.09. The van der Waals surface area contributed by atoms with E-state index >= 15 is 0 Å². The van der Waals surface area contributed by atoms with Crippen LogP contribution in [0.3, 0.4) is 0 Å². The Morgan fingerprint density at radius 1 is 1.27 bits per heavy atom. The summed E-state index contributed by atoms with van der Waals surface area (Å²) in [5, 5.41) is 0. The summed E-state index contributed by atoms with van der Waals surface area (Å²) in [6.07, 6.45) is 2.07. The first-order valence-electron chi connectivity index (χ1n) is 3.78. The van der Waals surface area contributed by atoms with E-state index in [-0.39, 0.29) is 5.91 Å². The van der Waals surface area contributed by atoms with Crippen molar-refractivity contribution >= 4 is 17.9 Å². The molecule has 1 saturated heterocycles. The van der Waals surface area contributed by atoms with Gasteiger partial charge in [0.15, 0.2) is 0 Å². The lowest BCUT2D eigenvalue weighted by Gasteiger charge is -2.32. The van der Waals surface area contributed by atoms with E-state index in [1.807, 2.05) is 4.90 Å². The summed E-state index contributed by atoms with van der Waals surface area (Å²) >= 11 is 1.75. The Labute approximate surface area is 71.9 Å². The van der Waals surface area contributed by atoms with Crippen molar-refractivity contribution in [3.63, 3.8) is 0 Å². The summed E-state index contributed by atoms with van der Waals surface area (Å²) in [5.74, 6) is 0.200.